The largest absolute Gasteiger partial charge is 0.388 e. The first-order valence-corrected chi connectivity index (χ1v) is 7.57. The smallest absolute Gasteiger partial charge is 0.242 e. The third-order valence-electron chi connectivity index (χ3n) is 2.49. The van der Waals surface area contributed by atoms with Crippen molar-refractivity contribution >= 4 is 27.2 Å². The van der Waals surface area contributed by atoms with Gasteiger partial charge in [-0.25, -0.2) is 13.1 Å². The molecule has 0 aromatic carbocycles. The molecule has 1 unspecified atom stereocenters. The van der Waals surface area contributed by atoms with Crippen LogP contribution in [-0.4, -0.2) is 51.9 Å². The molecule has 0 spiro atoms. The normalized spacial score (nSPS) is 13.1. The maximum absolute atomic E-state index is 12.0. The van der Waals surface area contributed by atoms with E-state index in [4.69, 9.17) is 27.4 Å². The molecular weight excluding hydrogens is 302 g/mol. The summed E-state index contributed by atoms with van der Waals surface area (Å²) in [5, 5.41) is 0. The maximum atomic E-state index is 12.0. The van der Waals surface area contributed by atoms with Crippen LogP contribution in [0.2, 0.25) is 0 Å². The summed E-state index contributed by atoms with van der Waals surface area (Å²) in [7, 11) is -0.663. The van der Waals surface area contributed by atoms with Gasteiger partial charge in [-0.2, -0.15) is 0 Å². The van der Waals surface area contributed by atoms with Gasteiger partial charge in [0.15, 0.2) is 0 Å². The molecule has 1 heterocycles. The molecule has 1 rings (SSSR count). The highest BCUT2D eigenvalue weighted by molar-refractivity contribution is 7.89. The van der Waals surface area contributed by atoms with Crippen LogP contribution in [0.25, 0.3) is 0 Å². The molecule has 7 nitrogen and oxygen atoms in total. The second kappa shape index (κ2) is 7.60. The van der Waals surface area contributed by atoms with Gasteiger partial charge >= 0.3 is 0 Å². The topological polar surface area (TPSA) is 104 Å². The first-order valence-electron chi connectivity index (χ1n) is 5.68. The Labute approximate surface area is 123 Å². The third kappa shape index (κ3) is 4.76. The Bertz CT molecular complexity index is 545. The average Bonchev–Trinajstić information content (AvgIpc) is 2.43. The molecule has 0 fully saturated rings. The van der Waals surface area contributed by atoms with Crippen LogP contribution in [-0.2, 0) is 19.5 Å². The molecule has 9 heteroatoms. The van der Waals surface area contributed by atoms with Crippen molar-refractivity contribution in [3.63, 3.8) is 0 Å². The molecule has 0 saturated carbocycles. The number of sulfonamides is 1. The van der Waals surface area contributed by atoms with E-state index in [0.29, 0.717) is 5.69 Å². The van der Waals surface area contributed by atoms with Crippen molar-refractivity contribution in [1.82, 2.24) is 9.71 Å². The van der Waals surface area contributed by atoms with E-state index in [0.717, 1.165) is 0 Å². The van der Waals surface area contributed by atoms with Crippen molar-refractivity contribution in [2.24, 2.45) is 5.73 Å². The number of pyridine rings is 1. The number of hydrogen-bond donors (Lipinski definition) is 2. The minimum atomic E-state index is -3.66. The second-order valence-corrected chi connectivity index (χ2v) is 6.12. The molecule has 112 valence electrons. The van der Waals surface area contributed by atoms with Crippen molar-refractivity contribution in [2.45, 2.75) is 11.0 Å². The number of rotatable bonds is 8. The predicted octanol–water partition coefficient (Wildman–Crippen LogP) is -0.344. The summed E-state index contributed by atoms with van der Waals surface area (Å²) < 4.78 is 36.5. The van der Waals surface area contributed by atoms with Gasteiger partial charge in [0.1, 0.15) is 9.88 Å². The molecule has 1 atom stereocenters. The fourth-order valence-electron chi connectivity index (χ4n) is 1.37. The van der Waals surface area contributed by atoms with E-state index in [-0.39, 0.29) is 29.1 Å². The van der Waals surface area contributed by atoms with Crippen LogP contribution in [0.1, 0.15) is 5.69 Å². The number of nitrogens with zero attached hydrogens (tertiary/aromatic N) is 1. The van der Waals surface area contributed by atoms with Crippen LogP contribution in [0.3, 0.4) is 0 Å². The molecule has 1 aromatic rings. The summed E-state index contributed by atoms with van der Waals surface area (Å²) in [6.45, 7) is 0.390. The van der Waals surface area contributed by atoms with Gasteiger partial charge in [0.25, 0.3) is 0 Å². The van der Waals surface area contributed by atoms with E-state index in [2.05, 4.69) is 9.71 Å². The maximum Gasteiger partial charge on any atom is 0.242 e. The van der Waals surface area contributed by atoms with Gasteiger partial charge < -0.3 is 15.2 Å². The summed E-state index contributed by atoms with van der Waals surface area (Å²) in [5.41, 5.74) is 5.76. The SMILES string of the molecule is COCC(CNS(=O)(=O)c1ccc(C(N)=S)nc1)OC. The van der Waals surface area contributed by atoms with E-state index < -0.39 is 10.0 Å². The van der Waals surface area contributed by atoms with E-state index >= 15 is 0 Å². The number of thiocarbonyl (C=S) groups is 1. The van der Waals surface area contributed by atoms with Crippen LogP contribution in [0.5, 0.6) is 0 Å². The predicted molar refractivity (Wildman–Crippen MR) is 78.0 cm³/mol. The summed E-state index contributed by atoms with van der Waals surface area (Å²) in [6.07, 6.45) is 0.841. The minimum absolute atomic E-state index is 0.0322. The molecule has 0 saturated heterocycles. The van der Waals surface area contributed by atoms with Gasteiger partial charge in [-0.3, -0.25) is 4.98 Å². The van der Waals surface area contributed by atoms with Crippen LogP contribution in [0, 0.1) is 0 Å². The zero-order valence-electron chi connectivity index (χ0n) is 11.2. The van der Waals surface area contributed by atoms with Crippen molar-refractivity contribution in [3.8, 4) is 0 Å². The van der Waals surface area contributed by atoms with E-state index in [9.17, 15) is 8.42 Å². The Balaban J connectivity index is 2.75. The highest BCUT2D eigenvalue weighted by atomic mass is 32.2. The van der Waals surface area contributed by atoms with Gasteiger partial charge in [-0.05, 0) is 12.1 Å². The Hall–Kier alpha value is -1.13. The lowest BCUT2D eigenvalue weighted by atomic mass is 10.3. The van der Waals surface area contributed by atoms with E-state index in [1.165, 1.54) is 32.5 Å². The lowest BCUT2D eigenvalue weighted by molar-refractivity contribution is 0.0320. The van der Waals surface area contributed by atoms with Crippen LogP contribution < -0.4 is 10.5 Å². The Kier molecular flexibility index (Phi) is 6.43. The van der Waals surface area contributed by atoms with Crippen LogP contribution >= 0.6 is 12.2 Å². The minimum Gasteiger partial charge on any atom is -0.388 e. The number of methoxy groups -OCH3 is 2. The molecule has 0 aliphatic carbocycles. The Morgan fingerprint density at radius 3 is 2.65 bits per heavy atom. The fraction of sp³-hybridized carbons (Fsp3) is 0.455. The number of nitrogens with one attached hydrogen (secondary N) is 1. The molecule has 20 heavy (non-hydrogen) atoms. The summed E-state index contributed by atoms with van der Waals surface area (Å²) in [6, 6.07) is 2.85. The second-order valence-electron chi connectivity index (χ2n) is 3.91. The van der Waals surface area contributed by atoms with Gasteiger partial charge in [-0.1, -0.05) is 12.2 Å². The van der Waals surface area contributed by atoms with Gasteiger partial charge in [0.05, 0.1) is 18.4 Å². The van der Waals surface area contributed by atoms with Crippen LogP contribution in [0.15, 0.2) is 23.2 Å². The van der Waals surface area contributed by atoms with E-state index in [1.807, 2.05) is 0 Å². The fourth-order valence-corrected chi connectivity index (χ4v) is 2.50. The standard InChI is InChI=1S/C11H17N3O4S2/c1-17-7-8(18-2)5-14-20(15,16)9-3-4-10(11(12)19)13-6-9/h3-4,6,8,14H,5,7H2,1-2H3,(H2,12,19). The lowest BCUT2D eigenvalue weighted by Crippen LogP contribution is -2.35. The Morgan fingerprint density at radius 2 is 2.20 bits per heavy atom. The quantitative estimate of drug-likeness (QED) is 0.631. The molecule has 0 aliphatic rings. The number of aromatic nitrogens is 1. The summed E-state index contributed by atoms with van der Waals surface area (Å²) in [4.78, 5) is 4.03. The van der Waals surface area contributed by atoms with Gasteiger partial charge in [-0.15, -0.1) is 0 Å². The third-order valence-corrected chi connectivity index (χ3v) is 4.10. The van der Waals surface area contributed by atoms with Crippen molar-refractivity contribution in [1.29, 1.82) is 0 Å². The first-order chi connectivity index (χ1) is 9.40. The molecule has 0 aliphatic heterocycles. The zero-order chi connectivity index (χ0) is 15.2. The average molecular weight is 319 g/mol. The first kappa shape index (κ1) is 16.9. The number of nitrogens with two attached hydrogens (primary N) is 1. The summed E-state index contributed by atoms with van der Waals surface area (Å²) >= 11 is 4.75. The molecule has 0 amide bonds. The monoisotopic (exact) mass is 319 g/mol. The van der Waals surface area contributed by atoms with Gasteiger partial charge in [0.2, 0.25) is 10.0 Å². The molecule has 1 aromatic heterocycles. The highest BCUT2D eigenvalue weighted by Gasteiger charge is 2.17. The number of hydrogen-bond acceptors (Lipinski definition) is 6. The Morgan fingerprint density at radius 1 is 1.50 bits per heavy atom. The van der Waals surface area contributed by atoms with Crippen molar-refractivity contribution < 1.29 is 17.9 Å². The zero-order valence-corrected chi connectivity index (χ0v) is 12.8. The van der Waals surface area contributed by atoms with Gasteiger partial charge in [0, 0.05) is 27.0 Å². The lowest BCUT2D eigenvalue weighted by Gasteiger charge is -2.15. The van der Waals surface area contributed by atoms with Crippen LogP contribution in [0.4, 0.5) is 0 Å². The highest BCUT2D eigenvalue weighted by Crippen LogP contribution is 2.08. The molecular formula is C11H17N3O4S2. The molecule has 0 bridgehead atoms. The number of ether oxygens (including phenoxy) is 2. The van der Waals surface area contributed by atoms with Crippen molar-refractivity contribution in [2.75, 3.05) is 27.4 Å². The molecule has 3 N–H and O–H groups in total. The van der Waals surface area contributed by atoms with Crippen molar-refractivity contribution in [3.05, 3.63) is 24.0 Å². The van der Waals surface area contributed by atoms with E-state index in [1.54, 1.807) is 0 Å². The molecule has 0 radical (unpaired) electrons. The summed E-state index contributed by atoms with van der Waals surface area (Å²) in [5.74, 6) is 0.